The van der Waals surface area contributed by atoms with Crippen LogP contribution in [-0.2, 0) is 14.8 Å². The predicted molar refractivity (Wildman–Crippen MR) is 74.1 cm³/mol. The molecule has 1 rings (SSSR count). The van der Waals surface area contributed by atoms with E-state index in [0.29, 0.717) is 12.2 Å². The quantitative estimate of drug-likeness (QED) is 0.590. The minimum atomic E-state index is -3.51. The van der Waals surface area contributed by atoms with Crippen molar-refractivity contribution in [3.8, 4) is 0 Å². The van der Waals surface area contributed by atoms with Crippen molar-refractivity contribution < 1.29 is 13.2 Å². The average Bonchev–Trinajstić information content (AvgIpc) is 2.28. The van der Waals surface area contributed by atoms with Crippen LogP contribution < -0.4 is 10.5 Å². The molecule has 0 aliphatic heterocycles. The molecule has 5 nitrogen and oxygen atoms in total. The first-order valence-electron chi connectivity index (χ1n) is 5.27. The third kappa shape index (κ3) is 3.74. The number of nitrogens with two attached hydrogens (primary N) is 1. The molecule has 0 unspecified atom stereocenters. The Hall–Kier alpha value is -1.02. The van der Waals surface area contributed by atoms with Gasteiger partial charge < -0.3 is 10.5 Å². The van der Waals surface area contributed by atoms with Crippen molar-refractivity contribution >= 4 is 27.2 Å². The van der Waals surface area contributed by atoms with Gasteiger partial charge >= 0.3 is 0 Å². The molecule has 0 spiro atoms. The molecule has 1 aromatic carbocycles. The van der Waals surface area contributed by atoms with Gasteiger partial charge in [0, 0.05) is 19.2 Å². The number of sulfonamides is 1. The van der Waals surface area contributed by atoms with Gasteiger partial charge in [0.15, 0.2) is 0 Å². The van der Waals surface area contributed by atoms with Gasteiger partial charge in [-0.3, -0.25) is 0 Å². The Labute approximate surface area is 112 Å². The molecule has 0 fully saturated rings. The lowest BCUT2D eigenvalue weighted by Gasteiger charge is -2.09. The Morgan fingerprint density at radius 1 is 1.50 bits per heavy atom. The first kappa shape index (κ1) is 15.0. The Kier molecular flexibility index (Phi) is 5.21. The van der Waals surface area contributed by atoms with Crippen molar-refractivity contribution in [2.75, 3.05) is 20.3 Å². The molecule has 0 saturated heterocycles. The van der Waals surface area contributed by atoms with Crippen molar-refractivity contribution in [1.82, 2.24) is 4.72 Å². The van der Waals surface area contributed by atoms with Crippen LogP contribution in [0.1, 0.15) is 11.1 Å². The van der Waals surface area contributed by atoms with Crippen LogP contribution in [0.15, 0.2) is 23.1 Å². The molecule has 0 aromatic heterocycles. The third-order valence-corrected chi connectivity index (χ3v) is 4.05. The zero-order valence-electron chi connectivity index (χ0n) is 10.3. The van der Waals surface area contributed by atoms with E-state index in [2.05, 4.69) is 4.72 Å². The van der Waals surface area contributed by atoms with Crippen LogP contribution in [0.3, 0.4) is 0 Å². The summed E-state index contributed by atoms with van der Waals surface area (Å²) in [5.41, 5.74) is 6.94. The van der Waals surface area contributed by atoms with Crippen LogP contribution in [0.5, 0.6) is 0 Å². The molecule has 0 atom stereocenters. The lowest BCUT2D eigenvalue weighted by Crippen LogP contribution is -2.27. The summed E-state index contributed by atoms with van der Waals surface area (Å²) in [7, 11) is -2.00. The molecule has 0 radical (unpaired) electrons. The molecule has 0 heterocycles. The molecule has 0 amide bonds. The van der Waals surface area contributed by atoms with Gasteiger partial charge in [-0.05, 0) is 24.6 Å². The Bertz CT molecular complexity index is 541. The van der Waals surface area contributed by atoms with Crippen LogP contribution in [-0.4, -0.2) is 33.7 Å². The highest BCUT2D eigenvalue weighted by Crippen LogP contribution is 2.15. The molecule has 0 aliphatic carbocycles. The summed E-state index contributed by atoms with van der Waals surface area (Å²) in [6.07, 6.45) is 0. The Morgan fingerprint density at radius 2 is 2.17 bits per heavy atom. The van der Waals surface area contributed by atoms with E-state index < -0.39 is 10.0 Å². The number of benzene rings is 1. The van der Waals surface area contributed by atoms with E-state index >= 15 is 0 Å². The number of hydrogen-bond acceptors (Lipinski definition) is 4. The molecule has 100 valence electrons. The van der Waals surface area contributed by atoms with Gasteiger partial charge in [0.25, 0.3) is 0 Å². The number of nitrogens with one attached hydrogen (secondary N) is 1. The van der Waals surface area contributed by atoms with E-state index in [1.54, 1.807) is 19.1 Å². The van der Waals surface area contributed by atoms with Crippen molar-refractivity contribution in [2.24, 2.45) is 5.73 Å². The van der Waals surface area contributed by atoms with E-state index in [1.165, 1.54) is 13.2 Å². The average molecular weight is 288 g/mol. The number of methoxy groups -OCH3 is 1. The molecule has 0 bridgehead atoms. The van der Waals surface area contributed by atoms with Crippen LogP contribution in [0, 0.1) is 6.92 Å². The van der Waals surface area contributed by atoms with E-state index in [0.717, 1.165) is 5.56 Å². The standard InChI is InChI=1S/C11H16N2O3S2/c1-8-7-9(3-4-10(8)11(12)17)18(14,15)13-5-6-16-2/h3-4,7,13H,5-6H2,1-2H3,(H2,12,17). The number of ether oxygens (including phenoxy) is 1. The lowest BCUT2D eigenvalue weighted by atomic mass is 10.1. The molecular formula is C11H16N2O3S2. The number of hydrogen-bond donors (Lipinski definition) is 2. The second-order valence-corrected chi connectivity index (χ2v) is 5.94. The number of thiocarbonyl (C=S) groups is 1. The van der Waals surface area contributed by atoms with Gasteiger partial charge in [0.2, 0.25) is 10.0 Å². The normalized spacial score (nSPS) is 11.4. The molecule has 18 heavy (non-hydrogen) atoms. The molecule has 0 saturated carbocycles. The highest BCUT2D eigenvalue weighted by molar-refractivity contribution is 7.89. The van der Waals surface area contributed by atoms with Crippen LogP contribution >= 0.6 is 12.2 Å². The Morgan fingerprint density at radius 3 is 2.67 bits per heavy atom. The van der Waals surface area contributed by atoms with Gasteiger partial charge in [-0.1, -0.05) is 18.3 Å². The van der Waals surface area contributed by atoms with Gasteiger partial charge in [0.05, 0.1) is 11.5 Å². The van der Waals surface area contributed by atoms with E-state index in [9.17, 15) is 8.42 Å². The number of aryl methyl sites for hydroxylation is 1. The minimum Gasteiger partial charge on any atom is -0.389 e. The van der Waals surface area contributed by atoms with E-state index in [4.69, 9.17) is 22.7 Å². The molecule has 7 heteroatoms. The fraction of sp³-hybridized carbons (Fsp3) is 0.364. The summed E-state index contributed by atoms with van der Waals surface area (Å²) in [4.78, 5) is 0.444. The van der Waals surface area contributed by atoms with Crippen LogP contribution in [0.2, 0.25) is 0 Å². The maximum absolute atomic E-state index is 11.9. The Balaban J connectivity index is 2.97. The van der Waals surface area contributed by atoms with Crippen LogP contribution in [0.25, 0.3) is 0 Å². The van der Waals surface area contributed by atoms with Gasteiger partial charge in [-0.2, -0.15) is 0 Å². The fourth-order valence-electron chi connectivity index (χ4n) is 1.44. The van der Waals surface area contributed by atoms with Crippen molar-refractivity contribution in [2.45, 2.75) is 11.8 Å². The molecular weight excluding hydrogens is 272 g/mol. The van der Waals surface area contributed by atoms with Gasteiger partial charge in [-0.25, -0.2) is 13.1 Å². The third-order valence-electron chi connectivity index (χ3n) is 2.37. The van der Waals surface area contributed by atoms with Crippen LogP contribution in [0.4, 0.5) is 0 Å². The lowest BCUT2D eigenvalue weighted by molar-refractivity contribution is 0.204. The summed E-state index contributed by atoms with van der Waals surface area (Å²) >= 11 is 4.87. The van der Waals surface area contributed by atoms with Crippen molar-refractivity contribution in [3.63, 3.8) is 0 Å². The first-order valence-corrected chi connectivity index (χ1v) is 7.16. The van der Waals surface area contributed by atoms with Crippen molar-refractivity contribution in [3.05, 3.63) is 29.3 Å². The van der Waals surface area contributed by atoms with E-state index in [-0.39, 0.29) is 16.4 Å². The maximum atomic E-state index is 11.9. The molecule has 0 aliphatic rings. The first-order chi connectivity index (χ1) is 8.38. The van der Waals surface area contributed by atoms with Gasteiger partial charge in [0.1, 0.15) is 4.99 Å². The van der Waals surface area contributed by atoms with Crippen molar-refractivity contribution in [1.29, 1.82) is 0 Å². The number of rotatable bonds is 6. The topological polar surface area (TPSA) is 81.4 Å². The smallest absolute Gasteiger partial charge is 0.240 e. The predicted octanol–water partition coefficient (Wildman–Crippen LogP) is 0.554. The minimum absolute atomic E-state index is 0.191. The largest absolute Gasteiger partial charge is 0.389 e. The second-order valence-electron chi connectivity index (χ2n) is 3.73. The van der Waals surface area contributed by atoms with Gasteiger partial charge in [-0.15, -0.1) is 0 Å². The molecule has 1 aromatic rings. The zero-order chi connectivity index (χ0) is 13.8. The highest BCUT2D eigenvalue weighted by atomic mass is 32.2. The summed E-state index contributed by atoms with van der Waals surface area (Å²) in [6.45, 7) is 2.32. The zero-order valence-corrected chi connectivity index (χ0v) is 11.9. The summed E-state index contributed by atoms with van der Waals surface area (Å²) in [5.74, 6) is 0. The summed E-state index contributed by atoms with van der Waals surface area (Å²) in [6, 6.07) is 4.64. The maximum Gasteiger partial charge on any atom is 0.240 e. The monoisotopic (exact) mass is 288 g/mol. The second kappa shape index (κ2) is 6.24. The fourth-order valence-corrected chi connectivity index (χ4v) is 2.77. The molecule has 3 N–H and O–H groups in total. The highest BCUT2D eigenvalue weighted by Gasteiger charge is 2.14. The summed E-state index contributed by atoms with van der Waals surface area (Å²) in [5, 5.41) is 0. The van der Waals surface area contributed by atoms with E-state index in [1.807, 2.05) is 0 Å². The summed E-state index contributed by atoms with van der Waals surface area (Å²) < 4.78 is 31.0. The SMILES string of the molecule is COCCNS(=O)(=O)c1ccc(C(N)=S)c(C)c1.